The van der Waals surface area contributed by atoms with Gasteiger partial charge in [-0.2, -0.15) is 0 Å². The van der Waals surface area contributed by atoms with Gasteiger partial charge in [-0.25, -0.2) is 0 Å². The monoisotopic (exact) mass is 287 g/mol. The second-order valence-electron chi connectivity index (χ2n) is 5.86. The number of rotatable bonds is 4. The van der Waals surface area contributed by atoms with Gasteiger partial charge in [-0.05, 0) is 22.4 Å². The van der Waals surface area contributed by atoms with Crippen molar-refractivity contribution in [1.29, 1.82) is 0 Å². The number of thioether (sulfide) groups is 1. The van der Waals surface area contributed by atoms with E-state index < -0.39 is 0 Å². The van der Waals surface area contributed by atoms with E-state index in [1.54, 1.807) is 11.8 Å². The molecule has 0 atom stereocenters. The Morgan fingerprint density at radius 2 is 1.80 bits per heavy atom. The summed E-state index contributed by atoms with van der Waals surface area (Å²) in [6, 6.07) is 14.6. The van der Waals surface area contributed by atoms with Crippen LogP contribution in [-0.4, -0.2) is 16.4 Å². The third kappa shape index (κ3) is 4.57. The summed E-state index contributed by atoms with van der Waals surface area (Å²) < 4.78 is 0.125. The smallest absolute Gasteiger partial charge is 0.230 e. The fourth-order valence-corrected chi connectivity index (χ4v) is 2.55. The van der Waals surface area contributed by atoms with Crippen LogP contribution in [0.25, 0.3) is 10.8 Å². The normalized spacial score (nSPS) is 11.6. The third-order valence-electron chi connectivity index (χ3n) is 2.94. The van der Waals surface area contributed by atoms with Crippen molar-refractivity contribution in [1.82, 2.24) is 5.32 Å². The van der Waals surface area contributed by atoms with Crippen LogP contribution in [0.5, 0.6) is 0 Å². The highest BCUT2D eigenvalue weighted by atomic mass is 32.2. The van der Waals surface area contributed by atoms with Gasteiger partial charge in [0.05, 0.1) is 5.75 Å². The molecule has 1 amide bonds. The number of hydrogen-bond donors (Lipinski definition) is 1. The predicted molar refractivity (Wildman–Crippen MR) is 88.0 cm³/mol. The molecule has 20 heavy (non-hydrogen) atoms. The van der Waals surface area contributed by atoms with Gasteiger partial charge in [-0.15, -0.1) is 11.8 Å². The number of nitrogens with one attached hydrogen (secondary N) is 1. The molecule has 106 valence electrons. The molecule has 0 saturated carbocycles. The maximum absolute atomic E-state index is 11.8. The van der Waals surface area contributed by atoms with Crippen LogP contribution in [0.15, 0.2) is 42.5 Å². The summed E-state index contributed by atoms with van der Waals surface area (Å²) >= 11 is 1.67. The van der Waals surface area contributed by atoms with Gasteiger partial charge in [0.2, 0.25) is 5.91 Å². The molecule has 2 rings (SSSR count). The largest absolute Gasteiger partial charge is 0.351 e. The molecular formula is C17H21NOS. The molecule has 2 nitrogen and oxygen atoms in total. The van der Waals surface area contributed by atoms with E-state index in [0.717, 1.165) is 5.56 Å². The van der Waals surface area contributed by atoms with Crippen LogP contribution >= 0.6 is 11.8 Å². The van der Waals surface area contributed by atoms with E-state index >= 15 is 0 Å². The molecular weight excluding hydrogens is 266 g/mol. The van der Waals surface area contributed by atoms with Crippen molar-refractivity contribution in [3.05, 3.63) is 48.0 Å². The molecule has 0 radical (unpaired) electrons. The minimum atomic E-state index is 0.0954. The minimum Gasteiger partial charge on any atom is -0.351 e. The van der Waals surface area contributed by atoms with E-state index in [1.165, 1.54) is 10.8 Å². The van der Waals surface area contributed by atoms with Crippen LogP contribution in [-0.2, 0) is 11.3 Å². The molecule has 0 spiro atoms. The second-order valence-corrected chi connectivity index (χ2v) is 7.66. The van der Waals surface area contributed by atoms with E-state index in [2.05, 4.69) is 56.4 Å². The number of hydrogen-bond acceptors (Lipinski definition) is 2. The Morgan fingerprint density at radius 3 is 2.50 bits per heavy atom. The maximum Gasteiger partial charge on any atom is 0.230 e. The van der Waals surface area contributed by atoms with Gasteiger partial charge in [0, 0.05) is 11.3 Å². The van der Waals surface area contributed by atoms with Crippen molar-refractivity contribution in [3.63, 3.8) is 0 Å². The fourth-order valence-electron chi connectivity index (χ4n) is 1.88. The molecule has 0 fully saturated rings. The third-order valence-corrected chi connectivity index (χ3v) is 4.21. The Hall–Kier alpha value is -1.48. The highest BCUT2D eigenvalue weighted by molar-refractivity contribution is 8.01. The molecule has 2 aromatic rings. The zero-order valence-corrected chi connectivity index (χ0v) is 13.1. The number of carbonyl (C=O) groups is 1. The topological polar surface area (TPSA) is 29.1 Å². The van der Waals surface area contributed by atoms with Gasteiger partial charge in [0.1, 0.15) is 0 Å². The highest BCUT2D eigenvalue weighted by Gasteiger charge is 2.13. The van der Waals surface area contributed by atoms with Crippen LogP contribution in [0.4, 0.5) is 0 Å². The van der Waals surface area contributed by atoms with E-state index in [9.17, 15) is 4.79 Å². The molecule has 0 aliphatic rings. The molecule has 2 aromatic carbocycles. The molecule has 0 aliphatic carbocycles. The summed E-state index contributed by atoms with van der Waals surface area (Å²) in [6.45, 7) is 6.95. The van der Waals surface area contributed by atoms with Crippen molar-refractivity contribution >= 4 is 28.4 Å². The Labute approximate surface area is 125 Å². The molecule has 0 aromatic heterocycles. The molecule has 3 heteroatoms. The summed E-state index contributed by atoms with van der Waals surface area (Å²) in [5, 5.41) is 5.42. The van der Waals surface area contributed by atoms with Gasteiger partial charge >= 0.3 is 0 Å². The van der Waals surface area contributed by atoms with E-state index in [4.69, 9.17) is 0 Å². The van der Waals surface area contributed by atoms with Gasteiger partial charge in [0.25, 0.3) is 0 Å². The van der Waals surface area contributed by atoms with Crippen molar-refractivity contribution in [3.8, 4) is 0 Å². The first-order chi connectivity index (χ1) is 9.44. The van der Waals surface area contributed by atoms with Gasteiger partial charge < -0.3 is 5.32 Å². The number of benzene rings is 2. The first-order valence-corrected chi connectivity index (χ1v) is 7.81. The molecule has 1 N–H and O–H groups in total. The molecule has 0 heterocycles. The van der Waals surface area contributed by atoms with E-state index in [1.807, 2.05) is 12.1 Å². The van der Waals surface area contributed by atoms with Crippen molar-refractivity contribution < 1.29 is 4.79 Å². The Morgan fingerprint density at radius 1 is 1.10 bits per heavy atom. The summed E-state index contributed by atoms with van der Waals surface area (Å²) in [5.41, 5.74) is 1.14. The van der Waals surface area contributed by atoms with Crippen LogP contribution in [0.1, 0.15) is 26.3 Å². The van der Waals surface area contributed by atoms with Gasteiger partial charge in [-0.3, -0.25) is 4.79 Å². The number of carbonyl (C=O) groups excluding carboxylic acids is 1. The standard InChI is InChI=1S/C17H21NOS/c1-17(2,3)20-12-16(19)18-11-13-8-9-14-6-4-5-7-15(14)10-13/h4-10H,11-12H2,1-3H3,(H,18,19). The Bertz CT molecular complexity index is 601. The first-order valence-electron chi connectivity index (χ1n) is 6.82. The lowest BCUT2D eigenvalue weighted by atomic mass is 10.1. The quantitative estimate of drug-likeness (QED) is 0.921. The predicted octanol–water partition coefficient (Wildman–Crippen LogP) is 3.99. The highest BCUT2D eigenvalue weighted by Crippen LogP contribution is 2.22. The van der Waals surface area contributed by atoms with Crippen LogP contribution in [0.3, 0.4) is 0 Å². The lowest BCUT2D eigenvalue weighted by Crippen LogP contribution is -2.26. The van der Waals surface area contributed by atoms with Crippen molar-refractivity contribution in [2.45, 2.75) is 32.1 Å². The molecule has 0 saturated heterocycles. The SMILES string of the molecule is CC(C)(C)SCC(=O)NCc1ccc2ccccc2c1. The van der Waals surface area contributed by atoms with E-state index in [-0.39, 0.29) is 10.7 Å². The number of fused-ring (bicyclic) bond motifs is 1. The lowest BCUT2D eigenvalue weighted by Gasteiger charge is -2.17. The minimum absolute atomic E-state index is 0.0954. The van der Waals surface area contributed by atoms with Crippen molar-refractivity contribution in [2.24, 2.45) is 0 Å². The average Bonchev–Trinajstić information content (AvgIpc) is 2.42. The Balaban J connectivity index is 1.90. The van der Waals surface area contributed by atoms with Crippen molar-refractivity contribution in [2.75, 3.05) is 5.75 Å². The average molecular weight is 287 g/mol. The molecule has 0 aliphatic heterocycles. The van der Waals surface area contributed by atoms with Crippen LogP contribution < -0.4 is 5.32 Å². The van der Waals surface area contributed by atoms with Crippen LogP contribution in [0, 0.1) is 0 Å². The zero-order chi connectivity index (χ0) is 14.6. The summed E-state index contributed by atoms with van der Waals surface area (Å²) in [6.07, 6.45) is 0. The Kier molecular flexibility index (Phi) is 4.71. The maximum atomic E-state index is 11.8. The van der Waals surface area contributed by atoms with Crippen LogP contribution in [0.2, 0.25) is 0 Å². The lowest BCUT2D eigenvalue weighted by molar-refractivity contribution is -0.118. The van der Waals surface area contributed by atoms with Gasteiger partial charge in [0.15, 0.2) is 0 Å². The summed E-state index contributed by atoms with van der Waals surface area (Å²) in [5.74, 6) is 0.606. The number of amides is 1. The van der Waals surface area contributed by atoms with Gasteiger partial charge in [-0.1, -0.05) is 57.2 Å². The zero-order valence-electron chi connectivity index (χ0n) is 12.3. The first kappa shape index (κ1) is 14.9. The second kappa shape index (κ2) is 6.31. The summed E-state index contributed by atoms with van der Waals surface area (Å²) in [4.78, 5) is 11.8. The fraction of sp³-hybridized carbons (Fsp3) is 0.353. The molecule has 0 bridgehead atoms. The molecule has 0 unspecified atom stereocenters. The van der Waals surface area contributed by atoms with E-state index in [0.29, 0.717) is 12.3 Å². The summed E-state index contributed by atoms with van der Waals surface area (Å²) in [7, 11) is 0.